The van der Waals surface area contributed by atoms with Crippen molar-refractivity contribution in [1.82, 2.24) is 4.90 Å². The quantitative estimate of drug-likeness (QED) is 0.744. The molecule has 28 heavy (non-hydrogen) atoms. The van der Waals surface area contributed by atoms with E-state index in [1.807, 2.05) is 13.8 Å². The molecule has 0 saturated heterocycles. The summed E-state index contributed by atoms with van der Waals surface area (Å²) in [5, 5.41) is 2.76. The normalized spacial score (nSPS) is 12.9. The van der Waals surface area contributed by atoms with Crippen LogP contribution in [0.3, 0.4) is 0 Å². The van der Waals surface area contributed by atoms with Crippen LogP contribution in [-0.4, -0.2) is 42.4 Å². The summed E-state index contributed by atoms with van der Waals surface area (Å²) in [5.74, 6) is 0.0431. The minimum absolute atomic E-state index is 0.00211. The van der Waals surface area contributed by atoms with Gasteiger partial charge < -0.3 is 14.8 Å². The molecule has 3 rings (SSSR count). The number of nitrogens with one attached hydrogen (secondary N) is 1. The molecule has 3 amide bonds. The van der Waals surface area contributed by atoms with Gasteiger partial charge >= 0.3 is 0 Å². The second-order valence-electron chi connectivity index (χ2n) is 6.64. The number of hydrogen-bond acceptors (Lipinski definition) is 5. The first-order valence-electron chi connectivity index (χ1n) is 9.00. The van der Waals surface area contributed by atoms with Crippen LogP contribution in [0.15, 0.2) is 42.5 Å². The Morgan fingerprint density at radius 2 is 1.68 bits per heavy atom. The van der Waals surface area contributed by atoms with Crippen LogP contribution in [0.4, 0.5) is 5.69 Å². The zero-order valence-electron chi connectivity index (χ0n) is 16.0. The second-order valence-corrected chi connectivity index (χ2v) is 6.64. The van der Waals surface area contributed by atoms with E-state index in [1.165, 1.54) is 0 Å². The predicted molar refractivity (Wildman–Crippen MR) is 104 cm³/mol. The zero-order valence-corrected chi connectivity index (χ0v) is 16.0. The minimum Gasteiger partial charge on any atom is -0.493 e. The van der Waals surface area contributed by atoms with Crippen molar-refractivity contribution in [3.8, 4) is 11.5 Å². The number of fused-ring (bicyclic) bond motifs is 1. The number of anilines is 1. The number of nitrogens with zero attached hydrogens (tertiary/aromatic N) is 1. The van der Waals surface area contributed by atoms with E-state index in [0.29, 0.717) is 28.3 Å². The Kier molecular flexibility index (Phi) is 5.63. The summed E-state index contributed by atoms with van der Waals surface area (Å²) >= 11 is 0. The summed E-state index contributed by atoms with van der Waals surface area (Å²) in [6, 6.07) is 11.7. The number of amides is 3. The van der Waals surface area contributed by atoms with E-state index in [2.05, 4.69) is 5.32 Å². The van der Waals surface area contributed by atoms with Crippen LogP contribution < -0.4 is 14.8 Å². The second kappa shape index (κ2) is 8.12. The lowest BCUT2D eigenvalue weighted by molar-refractivity contribution is -0.116. The average molecular weight is 382 g/mol. The van der Waals surface area contributed by atoms with Gasteiger partial charge in [0.05, 0.1) is 24.3 Å². The topological polar surface area (TPSA) is 84.9 Å². The van der Waals surface area contributed by atoms with Gasteiger partial charge in [0.2, 0.25) is 5.91 Å². The van der Waals surface area contributed by atoms with Crippen molar-refractivity contribution in [3.63, 3.8) is 0 Å². The third kappa shape index (κ3) is 3.98. The van der Waals surface area contributed by atoms with Gasteiger partial charge in [-0.15, -0.1) is 0 Å². The summed E-state index contributed by atoms with van der Waals surface area (Å²) < 4.78 is 10.9. The molecule has 7 heteroatoms. The fourth-order valence-corrected chi connectivity index (χ4v) is 2.98. The third-order valence-corrected chi connectivity index (χ3v) is 4.25. The van der Waals surface area contributed by atoms with Crippen LogP contribution in [0.1, 0.15) is 41.0 Å². The molecule has 0 unspecified atom stereocenters. The molecule has 2 aromatic carbocycles. The maximum atomic E-state index is 12.3. The highest BCUT2D eigenvalue weighted by molar-refractivity contribution is 6.21. The molecule has 1 heterocycles. The van der Waals surface area contributed by atoms with Crippen LogP contribution in [-0.2, 0) is 4.79 Å². The molecule has 0 aromatic heterocycles. The summed E-state index contributed by atoms with van der Waals surface area (Å²) in [6.45, 7) is 3.81. The Bertz CT molecular complexity index is 888. The first kappa shape index (κ1) is 19.4. The van der Waals surface area contributed by atoms with Gasteiger partial charge in [0, 0.05) is 24.7 Å². The molecule has 1 aliphatic rings. The SMILES string of the molecule is COc1ccc(NC(=O)CCN2C(=O)c3ccccc3C2=O)cc1OC(C)C. The van der Waals surface area contributed by atoms with Crippen LogP contribution in [0.5, 0.6) is 11.5 Å². The molecule has 0 bridgehead atoms. The van der Waals surface area contributed by atoms with Gasteiger partial charge in [-0.2, -0.15) is 0 Å². The molecular weight excluding hydrogens is 360 g/mol. The van der Waals surface area contributed by atoms with Gasteiger partial charge in [-0.05, 0) is 38.1 Å². The highest BCUT2D eigenvalue weighted by Gasteiger charge is 2.34. The smallest absolute Gasteiger partial charge is 0.261 e. The van der Waals surface area contributed by atoms with E-state index < -0.39 is 0 Å². The van der Waals surface area contributed by atoms with E-state index >= 15 is 0 Å². The van der Waals surface area contributed by atoms with Gasteiger partial charge in [-0.3, -0.25) is 19.3 Å². The van der Waals surface area contributed by atoms with E-state index in [4.69, 9.17) is 9.47 Å². The molecule has 146 valence electrons. The van der Waals surface area contributed by atoms with Gasteiger partial charge in [0.15, 0.2) is 11.5 Å². The lowest BCUT2D eigenvalue weighted by atomic mass is 10.1. The van der Waals surface area contributed by atoms with Gasteiger partial charge in [0.25, 0.3) is 11.8 Å². The summed E-state index contributed by atoms with van der Waals surface area (Å²) in [7, 11) is 1.54. The summed E-state index contributed by atoms with van der Waals surface area (Å²) in [4.78, 5) is 38.1. The van der Waals surface area contributed by atoms with Crippen molar-refractivity contribution >= 4 is 23.4 Å². The van der Waals surface area contributed by atoms with Crippen molar-refractivity contribution in [2.45, 2.75) is 26.4 Å². The monoisotopic (exact) mass is 382 g/mol. The summed E-state index contributed by atoms with van der Waals surface area (Å²) in [6.07, 6.45) is -0.0496. The Morgan fingerprint density at radius 1 is 1.04 bits per heavy atom. The predicted octanol–water partition coefficient (Wildman–Crippen LogP) is 3.11. The van der Waals surface area contributed by atoms with Gasteiger partial charge in [0.1, 0.15) is 0 Å². The third-order valence-electron chi connectivity index (χ3n) is 4.25. The zero-order chi connectivity index (χ0) is 20.3. The van der Waals surface area contributed by atoms with E-state index in [1.54, 1.807) is 49.6 Å². The number of hydrogen-bond donors (Lipinski definition) is 1. The number of imide groups is 1. The molecule has 7 nitrogen and oxygen atoms in total. The highest BCUT2D eigenvalue weighted by atomic mass is 16.5. The Hall–Kier alpha value is -3.35. The first-order chi connectivity index (χ1) is 13.4. The Morgan fingerprint density at radius 3 is 2.25 bits per heavy atom. The number of carbonyl (C=O) groups excluding carboxylic acids is 3. The molecule has 0 radical (unpaired) electrons. The molecular formula is C21H22N2O5. The van der Waals surface area contributed by atoms with Crippen LogP contribution in [0.2, 0.25) is 0 Å². The molecule has 0 saturated carbocycles. The molecule has 0 aliphatic carbocycles. The highest BCUT2D eigenvalue weighted by Crippen LogP contribution is 2.31. The fourth-order valence-electron chi connectivity index (χ4n) is 2.98. The van der Waals surface area contributed by atoms with Crippen molar-refractivity contribution in [2.24, 2.45) is 0 Å². The molecule has 1 N–H and O–H groups in total. The van der Waals surface area contributed by atoms with Crippen molar-refractivity contribution in [1.29, 1.82) is 0 Å². The van der Waals surface area contributed by atoms with Crippen LogP contribution in [0, 0.1) is 0 Å². The average Bonchev–Trinajstić information content (AvgIpc) is 2.91. The molecule has 0 fully saturated rings. The number of ether oxygens (including phenoxy) is 2. The Balaban J connectivity index is 1.62. The van der Waals surface area contributed by atoms with Gasteiger partial charge in [-0.1, -0.05) is 12.1 Å². The van der Waals surface area contributed by atoms with Crippen molar-refractivity contribution in [3.05, 3.63) is 53.6 Å². The fraction of sp³-hybridized carbons (Fsp3) is 0.286. The summed E-state index contributed by atoms with van der Waals surface area (Å²) in [5.41, 5.74) is 1.29. The standard InChI is InChI=1S/C21H22N2O5/c1-13(2)28-18-12-14(8-9-17(18)27-3)22-19(24)10-11-23-20(25)15-6-4-5-7-16(15)21(23)26/h4-9,12-13H,10-11H2,1-3H3,(H,22,24). The largest absolute Gasteiger partial charge is 0.493 e. The molecule has 2 aromatic rings. The van der Waals surface area contributed by atoms with E-state index in [-0.39, 0.29) is 36.8 Å². The molecule has 1 aliphatic heterocycles. The lowest BCUT2D eigenvalue weighted by Gasteiger charge is -2.16. The molecule has 0 atom stereocenters. The van der Waals surface area contributed by atoms with E-state index in [0.717, 1.165) is 4.90 Å². The van der Waals surface area contributed by atoms with E-state index in [9.17, 15) is 14.4 Å². The minimum atomic E-state index is -0.370. The van der Waals surface area contributed by atoms with Gasteiger partial charge in [-0.25, -0.2) is 0 Å². The number of benzene rings is 2. The maximum Gasteiger partial charge on any atom is 0.261 e. The van der Waals surface area contributed by atoms with Crippen LogP contribution >= 0.6 is 0 Å². The van der Waals surface area contributed by atoms with Crippen molar-refractivity contribution < 1.29 is 23.9 Å². The van der Waals surface area contributed by atoms with Crippen molar-refractivity contribution in [2.75, 3.05) is 19.0 Å². The van der Waals surface area contributed by atoms with Crippen LogP contribution in [0.25, 0.3) is 0 Å². The number of methoxy groups -OCH3 is 1. The lowest BCUT2D eigenvalue weighted by Crippen LogP contribution is -2.32. The molecule has 0 spiro atoms. The Labute approximate surface area is 163 Å². The first-order valence-corrected chi connectivity index (χ1v) is 9.00. The maximum absolute atomic E-state index is 12.3. The number of rotatable bonds is 7. The number of carbonyl (C=O) groups is 3.